The van der Waals surface area contributed by atoms with Gasteiger partial charge in [-0.25, -0.2) is 4.79 Å². The smallest absolute Gasteiger partial charge is 0.408 e. The summed E-state index contributed by atoms with van der Waals surface area (Å²) in [5.41, 5.74) is 2.61. The standard InChI is InChI=1S/C28H39N3O4S/c1-8-31(26(33)22(17-18-36-7)29-27(34)35-28(4,5)6)24(21-15-10-9-11-16-21)25(32)30-23-19(2)13-12-14-20(23)3/h9-16,22,24H,8,17-18H2,1-7H3,(H,29,34)(H,30,32). The van der Waals surface area contributed by atoms with Crippen molar-refractivity contribution >= 4 is 35.4 Å². The molecule has 0 bridgehead atoms. The van der Waals surface area contributed by atoms with Gasteiger partial charge in [0.15, 0.2) is 0 Å². The molecule has 2 N–H and O–H groups in total. The number of para-hydroxylation sites is 1. The first-order valence-corrected chi connectivity index (χ1v) is 13.6. The number of hydrogen-bond acceptors (Lipinski definition) is 5. The highest BCUT2D eigenvalue weighted by Gasteiger charge is 2.35. The number of alkyl carbamates (subject to hydrolysis) is 1. The van der Waals surface area contributed by atoms with Crippen LogP contribution in [0.1, 0.15) is 56.8 Å². The van der Waals surface area contributed by atoms with Crippen molar-refractivity contribution in [2.45, 2.75) is 65.6 Å². The van der Waals surface area contributed by atoms with Crippen LogP contribution in [0, 0.1) is 13.8 Å². The number of aryl methyl sites for hydroxylation is 2. The number of rotatable bonds is 10. The number of anilines is 1. The van der Waals surface area contributed by atoms with Gasteiger partial charge in [-0.3, -0.25) is 9.59 Å². The van der Waals surface area contributed by atoms with Gasteiger partial charge in [0.2, 0.25) is 5.91 Å². The maximum absolute atomic E-state index is 13.9. The first kappa shape index (κ1) is 29.2. The van der Waals surface area contributed by atoms with E-state index >= 15 is 0 Å². The van der Waals surface area contributed by atoms with Crippen LogP contribution in [-0.4, -0.2) is 53.0 Å². The van der Waals surface area contributed by atoms with Crippen molar-refractivity contribution in [2.75, 3.05) is 23.9 Å². The highest BCUT2D eigenvalue weighted by molar-refractivity contribution is 7.98. The van der Waals surface area contributed by atoms with Crippen molar-refractivity contribution in [3.8, 4) is 0 Å². The number of ether oxygens (including phenoxy) is 1. The molecule has 0 saturated heterocycles. The van der Waals surface area contributed by atoms with Crippen LogP contribution in [-0.2, 0) is 14.3 Å². The first-order valence-electron chi connectivity index (χ1n) is 12.2. The van der Waals surface area contributed by atoms with Gasteiger partial charge in [-0.15, -0.1) is 0 Å². The number of nitrogens with zero attached hydrogens (tertiary/aromatic N) is 1. The van der Waals surface area contributed by atoms with E-state index in [1.165, 1.54) is 4.90 Å². The van der Waals surface area contributed by atoms with Gasteiger partial charge in [0.1, 0.15) is 17.7 Å². The van der Waals surface area contributed by atoms with Crippen LogP contribution in [0.5, 0.6) is 0 Å². The number of carbonyl (C=O) groups excluding carboxylic acids is 3. The van der Waals surface area contributed by atoms with E-state index in [-0.39, 0.29) is 18.4 Å². The van der Waals surface area contributed by atoms with Crippen LogP contribution >= 0.6 is 11.8 Å². The summed E-state index contributed by atoms with van der Waals surface area (Å²) in [4.78, 5) is 41.7. The van der Waals surface area contributed by atoms with Crippen LogP contribution in [0.15, 0.2) is 48.5 Å². The molecule has 0 aliphatic rings. The van der Waals surface area contributed by atoms with Crippen LogP contribution < -0.4 is 10.6 Å². The summed E-state index contributed by atoms with van der Waals surface area (Å²) in [6, 6.07) is 13.3. The Labute approximate surface area is 219 Å². The Morgan fingerprint density at radius 1 is 1.00 bits per heavy atom. The van der Waals surface area contributed by atoms with Gasteiger partial charge in [0.25, 0.3) is 5.91 Å². The third-order valence-corrected chi connectivity index (χ3v) is 6.27. The Kier molecular flexibility index (Phi) is 10.8. The van der Waals surface area contributed by atoms with E-state index in [2.05, 4.69) is 10.6 Å². The summed E-state index contributed by atoms with van der Waals surface area (Å²) < 4.78 is 5.40. The lowest BCUT2D eigenvalue weighted by Crippen LogP contribution is -2.52. The van der Waals surface area contributed by atoms with Gasteiger partial charge in [-0.1, -0.05) is 48.5 Å². The molecule has 0 heterocycles. The minimum absolute atomic E-state index is 0.282. The van der Waals surface area contributed by atoms with Crippen molar-refractivity contribution < 1.29 is 19.1 Å². The fraction of sp³-hybridized carbons (Fsp3) is 0.464. The number of amides is 3. The molecule has 2 rings (SSSR count). The summed E-state index contributed by atoms with van der Waals surface area (Å²) in [7, 11) is 0. The third-order valence-electron chi connectivity index (χ3n) is 5.63. The van der Waals surface area contributed by atoms with Crippen molar-refractivity contribution in [2.24, 2.45) is 0 Å². The van der Waals surface area contributed by atoms with Crippen LogP contribution in [0.2, 0.25) is 0 Å². The van der Waals surface area contributed by atoms with Gasteiger partial charge in [-0.2, -0.15) is 11.8 Å². The molecule has 2 aromatic rings. The quantitative estimate of drug-likeness (QED) is 0.439. The van der Waals surface area contributed by atoms with Crippen LogP contribution in [0.4, 0.5) is 10.5 Å². The molecule has 36 heavy (non-hydrogen) atoms. The van der Waals surface area contributed by atoms with E-state index in [0.29, 0.717) is 17.7 Å². The third kappa shape index (κ3) is 8.29. The molecule has 0 aliphatic carbocycles. The van der Waals surface area contributed by atoms with Gasteiger partial charge in [-0.05, 0) is 76.7 Å². The summed E-state index contributed by atoms with van der Waals surface area (Å²) >= 11 is 1.58. The van der Waals surface area contributed by atoms with E-state index < -0.39 is 23.8 Å². The monoisotopic (exact) mass is 513 g/mol. The lowest BCUT2D eigenvalue weighted by atomic mass is 10.0. The first-order chi connectivity index (χ1) is 17.0. The average Bonchev–Trinajstić information content (AvgIpc) is 2.81. The molecular formula is C28H39N3O4S. The molecule has 0 saturated carbocycles. The maximum Gasteiger partial charge on any atom is 0.408 e. The fourth-order valence-corrected chi connectivity index (χ4v) is 4.39. The van der Waals surface area contributed by atoms with E-state index in [4.69, 9.17) is 4.74 Å². The van der Waals surface area contributed by atoms with Crippen molar-refractivity contribution in [3.63, 3.8) is 0 Å². The molecule has 0 aromatic heterocycles. The van der Waals surface area contributed by atoms with Crippen molar-refractivity contribution in [1.82, 2.24) is 10.2 Å². The molecule has 8 heteroatoms. The van der Waals surface area contributed by atoms with Crippen molar-refractivity contribution in [1.29, 1.82) is 0 Å². The highest BCUT2D eigenvalue weighted by atomic mass is 32.2. The number of likely N-dealkylation sites (N-methyl/N-ethyl adjacent to an activating group) is 1. The van der Waals surface area contributed by atoms with Gasteiger partial charge in [0.05, 0.1) is 0 Å². The largest absolute Gasteiger partial charge is 0.444 e. The fourth-order valence-electron chi connectivity index (χ4n) is 3.92. The van der Waals surface area contributed by atoms with E-state index in [9.17, 15) is 14.4 Å². The second-order valence-corrected chi connectivity index (χ2v) is 10.7. The molecule has 3 amide bonds. The Balaban J connectivity index is 2.42. The summed E-state index contributed by atoms with van der Waals surface area (Å²) in [6.45, 7) is 11.3. The molecule has 7 nitrogen and oxygen atoms in total. The molecule has 0 radical (unpaired) electrons. The Hall–Kier alpha value is -3.00. The number of carbonyl (C=O) groups is 3. The number of nitrogens with one attached hydrogen (secondary N) is 2. The number of benzene rings is 2. The zero-order valence-electron chi connectivity index (χ0n) is 22.4. The van der Waals surface area contributed by atoms with Crippen LogP contribution in [0.25, 0.3) is 0 Å². The zero-order chi connectivity index (χ0) is 26.9. The molecule has 0 aliphatic heterocycles. The molecule has 0 spiro atoms. The Morgan fingerprint density at radius 3 is 2.14 bits per heavy atom. The Morgan fingerprint density at radius 2 is 1.61 bits per heavy atom. The van der Waals surface area contributed by atoms with Gasteiger partial charge in [0, 0.05) is 12.2 Å². The maximum atomic E-state index is 13.9. The van der Waals surface area contributed by atoms with E-state index in [0.717, 1.165) is 16.8 Å². The van der Waals surface area contributed by atoms with Gasteiger partial charge >= 0.3 is 6.09 Å². The molecule has 196 valence electrons. The Bertz CT molecular complexity index is 1020. The lowest BCUT2D eigenvalue weighted by Gasteiger charge is -2.34. The molecule has 2 unspecified atom stereocenters. The normalized spacial score (nSPS) is 12.9. The second kappa shape index (κ2) is 13.3. The predicted octanol–water partition coefficient (Wildman–Crippen LogP) is 5.48. The zero-order valence-corrected chi connectivity index (χ0v) is 23.2. The minimum Gasteiger partial charge on any atom is -0.444 e. The summed E-state index contributed by atoms with van der Waals surface area (Å²) in [5, 5.41) is 5.79. The second-order valence-electron chi connectivity index (χ2n) is 9.67. The summed E-state index contributed by atoms with van der Waals surface area (Å²) in [5.74, 6) is 0.0200. The predicted molar refractivity (Wildman–Crippen MR) is 147 cm³/mol. The molecular weight excluding hydrogens is 474 g/mol. The average molecular weight is 514 g/mol. The SMILES string of the molecule is CCN(C(=O)C(CCSC)NC(=O)OC(C)(C)C)C(C(=O)Nc1c(C)cccc1C)c1ccccc1. The van der Waals surface area contributed by atoms with Crippen molar-refractivity contribution in [3.05, 3.63) is 65.2 Å². The molecule has 2 aromatic carbocycles. The molecule has 0 fully saturated rings. The summed E-state index contributed by atoms with van der Waals surface area (Å²) in [6.07, 6.45) is 1.70. The topological polar surface area (TPSA) is 87.7 Å². The van der Waals surface area contributed by atoms with E-state index in [1.54, 1.807) is 32.5 Å². The number of thioether (sulfide) groups is 1. The lowest BCUT2D eigenvalue weighted by molar-refractivity contribution is -0.140. The van der Waals surface area contributed by atoms with Crippen LogP contribution in [0.3, 0.4) is 0 Å². The molecule has 2 atom stereocenters. The van der Waals surface area contributed by atoms with E-state index in [1.807, 2.05) is 75.6 Å². The minimum atomic E-state index is -0.875. The highest BCUT2D eigenvalue weighted by Crippen LogP contribution is 2.27. The van der Waals surface area contributed by atoms with Gasteiger partial charge < -0.3 is 20.3 Å². The number of hydrogen-bond donors (Lipinski definition) is 2.